The van der Waals surface area contributed by atoms with Gasteiger partial charge in [0.25, 0.3) is 0 Å². The smallest absolute Gasteiger partial charge is 0.246 e. The van der Waals surface area contributed by atoms with Crippen LogP contribution in [0.15, 0.2) is 16.9 Å². The summed E-state index contributed by atoms with van der Waals surface area (Å²) in [4.78, 5) is 11.2. The van der Waals surface area contributed by atoms with Crippen LogP contribution in [-0.2, 0) is 5.54 Å². The lowest BCUT2D eigenvalue weighted by Crippen LogP contribution is -2.33. The minimum Gasteiger partial charge on any atom is -0.342 e. The lowest BCUT2D eigenvalue weighted by molar-refractivity contribution is 0.284. The predicted octanol–water partition coefficient (Wildman–Crippen LogP) is 1.43. The van der Waals surface area contributed by atoms with E-state index < -0.39 is 5.54 Å². The molecule has 0 amide bonds. The summed E-state index contributed by atoms with van der Waals surface area (Å²) in [6.07, 6.45) is 5.11. The third-order valence-electron chi connectivity index (χ3n) is 2.39. The average molecular weight is 221 g/mol. The Morgan fingerprint density at radius 2 is 2.38 bits per heavy atom. The Morgan fingerprint density at radius 3 is 3.00 bits per heavy atom. The molecular weight excluding hydrogens is 206 g/mol. The molecule has 0 aliphatic rings. The number of rotatable bonds is 4. The standard InChI is InChI=1S/C10H15N5O/c1-3-4-10(2,11)9-14-8(15-16-9)7-12-5-6-13-7/h5-6H,3-4,11H2,1-2H3,(H,12,13). The number of aromatic amines is 1. The quantitative estimate of drug-likeness (QED) is 0.814. The van der Waals surface area contributed by atoms with Crippen molar-refractivity contribution < 1.29 is 4.52 Å². The van der Waals surface area contributed by atoms with Gasteiger partial charge in [0, 0.05) is 12.4 Å². The fraction of sp³-hybridized carbons (Fsp3) is 0.500. The molecule has 0 aromatic carbocycles. The Hall–Kier alpha value is -1.69. The molecule has 0 fully saturated rings. The van der Waals surface area contributed by atoms with Gasteiger partial charge in [-0.3, -0.25) is 0 Å². The van der Waals surface area contributed by atoms with E-state index in [2.05, 4.69) is 27.0 Å². The highest BCUT2D eigenvalue weighted by Crippen LogP contribution is 2.23. The van der Waals surface area contributed by atoms with Gasteiger partial charge in [-0.15, -0.1) is 0 Å². The molecule has 6 nitrogen and oxygen atoms in total. The maximum atomic E-state index is 6.09. The van der Waals surface area contributed by atoms with Crippen molar-refractivity contribution in [1.29, 1.82) is 0 Å². The predicted molar refractivity (Wildman–Crippen MR) is 58.3 cm³/mol. The van der Waals surface area contributed by atoms with Gasteiger partial charge < -0.3 is 15.2 Å². The van der Waals surface area contributed by atoms with Crippen LogP contribution in [0.25, 0.3) is 11.6 Å². The Balaban J connectivity index is 2.26. The summed E-state index contributed by atoms with van der Waals surface area (Å²) in [6, 6.07) is 0. The fourth-order valence-electron chi connectivity index (χ4n) is 1.57. The van der Waals surface area contributed by atoms with Crippen molar-refractivity contribution in [2.24, 2.45) is 5.73 Å². The van der Waals surface area contributed by atoms with Crippen LogP contribution >= 0.6 is 0 Å². The van der Waals surface area contributed by atoms with Crippen molar-refractivity contribution in [1.82, 2.24) is 20.1 Å². The second-order valence-corrected chi connectivity index (χ2v) is 4.03. The monoisotopic (exact) mass is 221 g/mol. The normalized spacial score (nSPS) is 14.9. The maximum Gasteiger partial charge on any atom is 0.246 e. The summed E-state index contributed by atoms with van der Waals surface area (Å²) in [5.74, 6) is 1.47. The molecule has 86 valence electrons. The van der Waals surface area contributed by atoms with Gasteiger partial charge in [0.15, 0.2) is 5.82 Å². The molecule has 3 N–H and O–H groups in total. The van der Waals surface area contributed by atoms with Gasteiger partial charge in [0.05, 0.1) is 5.54 Å². The summed E-state index contributed by atoms with van der Waals surface area (Å²) >= 11 is 0. The first-order valence-corrected chi connectivity index (χ1v) is 5.26. The van der Waals surface area contributed by atoms with Gasteiger partial charge in [0.2, 0.25) is 11.7 Å². The largest absolute Gasteiger partial charge is 0.342 e. The minimum absolute atomic E-state index is 0.438. The number of imidazole rings is 1. The van der Waals surface area contributed by atoms with E-state index in [1.54, 1.807) is 12.4 Å². The molecular formula is C10H15N5O. The third kappa shape index (κ3) is 1.96. The van der Waals surface area contributed by atoms with Crippen molar-refractivity contribution in [2.75, 3.05) is 0 Å². The average Bonchev–Trinajstić information content (AvgIpc) is 2.89. The zero-order valence-electron chi connectivity index (χ0n) is 9.40. The summed E-state index contributed by atoms with van der Waals surface area (Å²) in [5, 5.41) is 3.85. The fourth-order valence-corrected chi connectivity index (χ4v) is 1.57. The van der Waals surface area contributed by atoms with E-state index in [9.17, 15) is 0 Å². The van der Waals surface area contributed by atoms with Crippen molar-refractivity contribution in [3.63, 3.8) is 0 Å². The topological polar surface area (TPSA) is 93.6 Å². The van der Waals surface area contributed by atoms with Gasteiger partial charge >= 0.3 is 0 Å². The Bertz CT molecular complexity index is 445. The second-order valence-electron chi connectivity index (χ2n) is 4.03. The third-order valence-corrected chi connectivity index (χ3v) is 2.39. The minimum atomic E-state index is -0.577. The zero-order valence-corrected chi connectivity index (χ0v) is 9.40. The van der Waals surface area contributed by atoms with Crippen molar-refractivity contribution in [2.45, 2.75) is 32.2 Å². The van der Waals surface area contributed by atoms with Crippen LogP contribution in [0.5, 0.6) is 0 Å². The van der Waals surface area contributed by atoms with Crippen LogP contribution in [0.3, 0.4) is 0 Å². The number of nitrogens with one attached hydrogen (secondary N) is 1. The molecule has 2 rings (SSSR count). The molecule has 2 aromatic heterocycles. The van der Waals surface area contributed by atoms with Gasteiger partial charge in [-0.1, -0.05) is 18.5 Å². The van der Waals surface area contributed by atoms with Crippen LogP contribution in [-0.4, -0.2) is 20.1 Å². The maximum absolute atomic E-state index is 6.09. The summed E-state index contributed by atoms with van der Waals surface area (Å²) < 4.78 is 5.16. The molecule has 0 radical (unpaired) electrons. The van der Waals surface area contributed by atoms with Crippen LogP contribution in [0, 0.1) is 0 Å². The first kappa shape index (κ1) is 10.8. The van der Waals surface area contributed by atoms with E-state index >= 15 is 0 Å². The molecule has 1 atom stereocenters. The van der Waals surface area contributed by atoms with E-state index in [-0.39, 0.29) is 0 Å². The van der Waals surface area contributed by atoms with Crippen molar-refractivity contribution in [3.05, 3.63) is 18.3 Å². The van der Waals surface area contributed by atoms with Crippen molar-refractivity contribution >= 4 is 0 Å². The van der Waals surface area contributed by atoms with Gasteiger partial charge in [-0.2, -0.15) is 4.98 Å². The first-order valence-electron chi connectivity index (χ1n) is 5.26. The Kier molecular flexibility index (Phi) is 2.74. The van der Waals surface area contributed by atoms with Gasteiger partial charge in [-0.25, -0.2) is 4.98 Å². The Labute approximate surface area is 93.3 Å². The van der Waals surface area contributed by atoms with Gasteiger partial charge in [-0.05, 0) is 13.3 Å². The molecule has 6 heteroatoms. The highest BCUT2D eigenvalue weighted by molar-refractivity contribution is 5.41. The second kappa shape index (κ2) is 4.05. The first-order chi connectivity index (χ1) is 7.63. The summed E-state index contributed by atoms with van der Waals surface area (Å²) in [5.41, 5.74) is 5.51. The number of H-pyrrole nitrogens is 1. The zero-order chi connectivity index (χ0) is 11.6. The van der Waals surface area contributed by atoms with E-state index in [4.69, 9.17) is 10.3 Å². The van der Waals surface area contributed by atoms with E-state index in [0.29, 0.717) is 17.5 Å². The highest BCUT2D eigenvalue weighted by Gasteiger charge is 2.27. The van der Waals surface area contributed by atoms with Crippen molar-refractivity contribution in [3.8, 4) is 11.6 Å². The summed E-state index contributed by atoms with van der Waals surface area (Å²) in [7, 11) is 0. The van der Waals surface area contributed by atoms with E-state index in [1.165, 1.54) is 0 Å². The van der Waals surface area contributed by atoms with Gasteiger partial charge in [0.1, 0.15) is 0 Å². The molecule has 0 saturated carbocycles. The molecule has 2 heterocycles. The molecule has 16 heavy (non-hydrogen) atoms. The van der Waals surface area contributed by atoms with E-state index in [0.717, 1.165) is 12.8 Å². The van der Waals surface area contributed by atoms with Crippen LogP contribution < -0.4 is 5.73 Å². The molecule has 1 unspecified atom stereocenters. The molecule has 0 spiro atoms. The molecule has 0 saturated heterocycles. The summed E-state index contributed by atoms with van der Waals surface area (Å²) in [6.45, 7) is 3.95. The SMILES string of the molecule is CCCC(C)(N)c1nc(-c2ncc[nH]2)no1. The number of nitrogens with two attached hydrogens (primary N) is 1. The molecule has 0 bridgehead atoms. The lowest BCUT2D eigenvalue weighted by atomic mass is 9.98. The molecule has 2 aromatic rings. The highest BCUT2D eigenvalue weighted by atomic mass is 16.5. The van der Waals surface area contributed by atoms with E-state index in [1.807, 2.05) is 6.92 Å². The number of nitrogens with zero attached hydrogens (tertiary/aromatic N) is 3. The van der Waals surface area contributed by atoms with Crippen LogP contribution in [0.2, 0.25) is 0 Å². The number of hydrogen-bond donors (Lipinski definition) is 2. The molecule has 0 aliphatic carbocycles. The molecule has 0 aliphatic heterocycles. The Morgan fingerprint density at radius 1 is 1.56 bits per heavy atom. The number of aromatic nitrogens is 4. The van der Waals surface area contributed by atoms with Crippen LogP contribution in [0.1, 0.15) is 32.6 Å². The van der Waals surface area contributed by atoms with Crippen LogP contribution in [0.4, 0.5) is 0 Å². The number of hydrogen-bond acceptors (Lipinski definition) is 5. The lowest BCUT2D eigenvalue weighted by Gasteiger charge is -2.17.